The standard InChI is InChI=1S/C26H29NO4S2/c1-3-30-24(28)11-5-4-8-16-27-25(29)23(33-26(27)32)17-20-12-14-22(15-13-20)31-18-21-10-7-6-9-19(21)2/h6-7,9-10,12-15,17H,3-5,8,11,16,18H2,1-2H3/b23-17-. The number of aryl methyl sites for hydroxylation is 1. The van der Waals surface area contributed by atoms with Gasteiger partial charge in [-0.15, -0.1) is 0 Å². The van der Waals surface area contributed by atoms with E-state index in [1.807, 2.05) is 42.5 Å². The number of hydrogen-bond acceptors (Lipinski definition) is 6. The average Bonchev–Trinajstić information content (AvgIpc) is 3.06. The summed E-state index contributed by atoms with van der Waals surface area (Å²) in [5.41, 5.74) is 3.29. The van der Waals surface area contributed by atoms with E-state index in [1.54, 1.807) is 11.8 Å². The summed E-state index contributed by atoms with van der Waals surface area (Å²) >= 11 is 6.74. The zero-order valence-corrected chi connectivity index (χ0v) is 20.7. The molecule has 0 aliphatic carbocycles. The molecule has 2 aromatic rings. The van der Waals surface area contributed by atoms with Crippen LogP contribution in [0.3, 0.4) is 0 Å². The molecule has 0 unspecified atom stereocenters. The molecule has 1 amide bonds. The summed E-state index contributed by atoms with van der Waals surface area (Å²) in [4.78, 5) is 26.5. The third-order valence-corrected chi connectivity index (χ3v) is 6.65. The van der Waals surface area contributed by atoms with Gasteiger partial charge in [-0.25, -0.2) is 0 Å². The summed E-state index contributed by atoms with van der Waals surface area (Å²) in [5, 5.41) is 0. The first kappa shape index (κ1) is 25.0. The molecule has 1 heterocycles. The molecule has 0 bridgehead atoms. The van der Waals surface area contributed by atoms with Crippen molar-refractivity contribution in [2.45, 2.75) is 46.1 Å². The Bertz CT molecular complexity index is 1020. The van der Waals surface area contributed by atoms with Crippen LogP contribution in [0.15, 0.2) is 53.4 Å². The van der Waals surface area contributed by atoms with Crippen molar-refractivity contribution in [3.8, 4) is 5.75 Å². The Labute approximate surface area is 205 Å². The van der Waals surface area contributed by atoms with E-state index in [-0.39, 0.29) is 11.9 Å². The SMILES string of the molecule is CCOC(=O)CCCCCN1C(=O)/C(=C/c2ccc(OCc3ccccc3C)cc2)SC1=S. The number of hydrogen-bond donors (Lipinski definition) is 0. The van der Waals surface area contributed by atoms with E-state index in [0.717, 1.165) is 36.1 Å². The van der Waals surface area contributed by atoms with Crippen LogP contribution in [-0.2, 0) is 20.9 Å². The zero-order chi connectivity index (χ0) is 23.6. The first-order chi connectivity index (χ1) is 16.0. The molecule has 1 aliphatic rings. The monoisotopic (exact) mass is 483 g/mol. The van der Waals surface area contributed by atoms with Crippen molar-refractivity contribution in [1.82, 2.24) is 4.90 Å². The van der Waals surface area contributed by atoms with E-state index < -0.39 is 0 Å². The molecule has 0 saturated carbocycles. The summed E-state index contributed by atoms with van der Waals surface area (Å²) in [7, 11) is 0. The van der Waals surface area contributed by atoms with Gasteiger partial charge in [0.15, 0.2) is 0 Å². The molecule has 0 spiro atoms. The Morgan fingerprint density at radius 1 is 1.09 bits per heavy atom. The number of rotatable bonds is 11. The topological polar surface area (TPSA) is 55.8 Å². The van der Waals surface area contributed by atoms with E-state index in [4.69, 9.17) is 21.7 Å². The second-order valence-electron chi connectivity index (χ2n) is 7.73. The van der Waals surface area contributed by atoms with Crippen LogP contribution in [0.25, 0.3) is 6.08 Å². The molecule has 1 fully saturated rings. The molecule has 0 aromatic heterocycles. The molecular formula is C26H29NO4S2. The molecule has 0 N–H and O–H groups in total. The Morgan fingerprint density at radius 2 is 1.85 bits per heavy atom. The molecule has 3 rings (SSSR count). The number of amides is 1. The summed E-state index contributed by atoms with van der Waals surface area (Å²) in [6, 6.07) is 15.9. The molecule has 174 valence electrons. The van der Waals surface area contributed by atoms with Gasteiger partial charge in [-0.2, -0.15) is 0 Å². The van der Waals surface area contributed by atoms with Crippen LogP contribution in [0.2, 0.25) is 0 Å². The van der Waals surface area contributed by atoms with E-state index in [0.29, 0.717) is 35.4 Å². The maximum atomic E-state index is 12.8. The van der Waals surface area contributed by atoms with Gasteiger partial charge < -0.3 is 9.47 Å². The minimum Gasteiger partial charge on any atom is -0.489 e. The van der Waals surface area contributed by atoms with E-state index in [1.165, 1.54) is 17.3 Å². The predicted octanol–water partition coefficient (Wildman–Crippen LogP) is 5.90. The van der Waals surface area contributed by atoms with Gasteiger partial charge in [0.2, 0.25) is 0 Å². The molecule has 33 heavy (non-hydrogen) atoms. The van der Waals surface area contributed by atoms with E-state index in [2.05, 4.69) is 19.1 Å². The van der Waals surface area contributed by atoms with Gasteiger partial charge >= 0.3 is 5.97 Å². The lowest BCUT2D eigenvalue weighted by Crippen LogP contribution is -2.29. The maximum absolute atomic E-state index is 12.8. The van der Waals surface area contributed by atoms with Gasteiger partial charge in [0, 0.05) is 13.0 Å². The first-order valence-corrected chi connectivity index (χ1v) is 12.4. The van der Waals surface area contributed by atoms with Crippen LogP contribution < -0.4 is 4.74 Å². The Balaban J connectivity index is 1.49. The average molecular weight is 484 g/mol. The van der Waals surface area contributed by atoms with Gasteiger partial charge in [-0.05, 0) is 61.6 Å². The van der Waals surface area contributed by atoms with Crippen LogP contribution >= 0.6 is 24.0 Å². The normalized spacial score (nSPS) is 14.7. The molecule has 0 atom stereocenters. The van der Waals surface area contributed by atoms with Crippen LogP contribution in [0.1, 0.15) is 49.3 Å². The minimum absolute atomic E-state index is 0.0599. The molecule has 2 aromatic carbocycles. The quantitative estimate of drug-likeness (QED) is 0.172. The fourth-order valence-electron chi connectivity index (χ4n) is 3.39. The van der Waals surface area contributed by atoms with Crippen molar-refractivity contribution in [1.29, 1.82) is 0 Å². The number of benzene rings is 2. The Kier molecular flexibility index (Phi) is 9.51. The van der Waals surface area contributed by atoms with Crippen LogP contribution in [0, 0.1) is 6.92 Å². The van der Waals surface area contributed by atoms with Crippen molar-refractivity contribution in [2.75, 3.05) is 13.2 Å². The number of ether oxygens (including phenoxy) is 2. The minimum atomic E-state index is -0.169. The first-order valence-electron chi connectivity index (χ1n) is 11.2. The highest BCUT2D eigenvalue weighted by Gasteiger charge is 2.31. The number of carbonyl (C=O) groups is 2. The lowest BCUT2D eigenvalue weighted by molar-refractivity contribution is -0.143. The lowest BCUT2D eigenvalue weighted by atomic mass is 10.1. The van der Waals surface area contributed by atoms with Crippen molar-refractivity contribution < 1.29 is 19.1 Å². The summed E-state index contributed by atoms with van der Waals surface area (Å²) in [6.07, 6.45) is 4.68. The van der Waals surface area contributed by atoms with E-state index in [9.17, 15) is 9.59 Å². The zero-order valence-electron chi connectivity index (χ0n) is 19.0. The highest BCUT2D eigenvalue weighted by Crippen LogP contribution is 2.33. The second-order valence-corrected chi connectivity index (χ2v) is 9.41. The van der Waals surface area contributed by atoms with Gasteiger partial charge in [0.05, 0.1) is 11.5 Å². The largest absolute Gasteiger partial charge is 0.489 e. The molecular weight excluding hydrogens is 454 g/mol. The summed E-state index contributed by atoms with van der Waals surface area (Å²) < 4.78 is 11.4. The fourth-order valence-corrected chi connectivity index (χ4v) is 4.70. The lowest BCUT2D eigenvalue weighted by Gasteiger charge is -2.14. The highest BCUT2D eigenvalue weighted by molar-refractivity contribution is 8.26. The number of thioether (sulfide) groups is 1. The Morgan fingerprint density at radius 3 is 2.58 bits per heavy atom. The molecule has 0 radical (unpaired) electrons. The predicted molar refractivity (Wildman–Crippen MR) is 137 cm³/mol. The number of thiocarbonyl (C=S) groups is 1. The molecule has 1 saturated heterocycles. The van der Waals surface area contributed by atoms with Gasteiger partial charge in [0.1, 0.15) is 16.7 Å². The van der Waals surface area contributed by atoms with Crippen LogP contribution in [0.5, 0.6) is 5.75 Å². The third kappa shape index (κ3) is 7.44. The van der Waals surface area contributed by atoms with Crippen molar-refractivity contribution in [3.05, 3.63) is 70.1 Å². The van der Waals surface area contributed by atoms with Crippen LogP contribution in [-0.4, -0.2) is 34.2 Å². The third-order valence-electron chi connectivity index (χ3n) is 5.27. The highest BCUT2D eigenvalue weighted by atomic mass is 32.2. The Hall–Kier alpha value is -2.64. The fraction of sp³-hybridized carbons (Fsp3) is 0.346. The maximum Gasteiger partial charge on any atom is 0.305 e. The van der Waals surface area contributed by atoms with Crippen molar-refractivity contribution >= 4 is 46.3 Å². The van der Waals surface area contributed by atoms with Gasteiger partial charge in [0.25, 0.3) is 5.91 Å². The second kappa shape index (κ2) is 12.6. The number of esters is 1. The van der Waals surface area contributed by atoms with Gasteiger partial charge in [-0.1, -0.05) is 66.8 Å². The van der Waals surface area contributed by atoms with Crippen molar-refractivity contribution in [2.24, 2.45) is 0 Å². The molecule has 1 aliphatic heterocycles. The summed E-state index contributed by atoms with van der Waals surface area (Å²) in [6.45, 7) is 5.36. The number of nitrogens with zero attached hydrogens (tertiary/aromatic N) is 1. The van der Waals surface area contributed by atoms with E-state index >= 15 is 0 Å². The van der Waals surface area contributed by atoms with Crippen molar-refractivity contribution in [3.63, 3.8) is 0 Å². The van der Waals surface area contributed by atoms with Crippen LogP contribution in [0.4, 0.5) is 0 Å². The number of carbonyl (C=O) groups excluding carboxylic acids is 2. The smallest absolute Gasteiger partial charge is 0.305 e. The summed E-state index contributed by atoms with van der Waals surface area (Å²) in [5.74, 6) is 0.554. The number of unbranched alkanes of at least 4 members (excludes halogenated alkanes) is 2. The van der Waals surface area contributed by atoms with Gasteiger partial charge in [-0.3, -0.25) is 14.5 Å². The molecule has 7 heteroatoms. The molecule has 5 nitrogen and oxygen atoms in total.